The molecule has 0 saturated heterocycles. The van der Waals surface area contributed by atoms with E-state index in [1.165, 1.54) is 52.5 Å². The van der Waals surface area contributed by atoms with Crippen LogP contribution in [0.25, 0.3) is 59.0 Å². The van der Waals surface area contributed by atoms with E-state index in [9.17, 15) is 0 Å². The van der Waals surface area contributed by atoms with Crippen LogP contribution in [0, 0.1) is 6.92 Å². The van der Waals surface area contributed by atoms with E-state index in [1.807, 2.05) is 28.9 Å². The molecule has 150 valence electrons. The Balaban J connectivity index is 1.60. The summed E-state index contributed by atoms with van der Waals surface area (Å²) in [6, 6.07) is 20.1. The molecular formula is C26H19N3S2. The zero-order chi connectivity index (χ0) is 20.7. The van der Waals surface area contributed by atoms with Crippen molar-refractivity contribution in [1.82, 2.24) is 14.0 Å². The Hall–Kier alpha value is -3.15. The summed E-state index contributed by atoms with van der Waals surface area (Å²) in [5.74, 6) is 0. The Bertz CT molecular complexity index is 1790. The zero-order valence-electron chi connectivity index (χ0n) is 17.2. The molecule has 7 rings (SSSR count). The molecular weight excluding hydrogens is 418 g/mol. The van der Waals surface area contributed by atoms with Crippen molar-refractivity contribution in [2.75, 3.05) is 0 Å². The number of aromatic nitrogens is 3. The largest absolute Gasteiger partial charge is 0.341 e. The van der Waals surface area contributed by atoms with Crippen molar-refractivity contribution < 1.29 is 0 Å². The van der Waals surface area contributed by atoms with Gasteiger partial charge in [0.15, 0.2) is 0 Å². The Morgan fingerprint density at radius 1 is 0.903 bits per heavy atom. The molecule has 5 heterocycles. The second-order valence-corrected chi connectivity index (χ2v) is 10.2. The van der Waals surface area contributed by atoms with Gasteiger partial charge in [0.2, 0.25) is 0 Å². The number of imidazole rings is 1. The quantitative estimate of drug-likeness (QED) is 0.270. The van der Waals surface area contributed by atoms with Gasteiger partial charge in [-0.15, -0.1) is 22.7 Å². The molecule has 3 nitrogen and oxygen atoms in total. The Kier molecular flexibility index (Phi) is 3.50. The van der Waals surface area contributed by atoms with Crippen molar-refractivity contribution in [3.63, 3.8) is 0 Å². The van der Waals surface area contributed by atoms with Crippen molar-refractivity contribution in [2.45, 2.75) is 20.4 Å². The molecule has 0 aliphatic heterocycles. The van der Waals surface area contributed by atoms with Gasteiger partial charge in [-0.1, -0.05) is 24.3 Å². The summed E-state index contributed by atoms with van der Waals surface area (Å²) in [6.45, 7) is 5.37. The van der Waals surface area contributed by atoms with Gasteiger partial charge in [0, 0.05) is 54.3 Å². The van der Waals surface area contributed by atoms with Crippen molar-refractivity contribution in [3.8, 4) is 11.3 Å². The number of hydrogen-bond donors (Lipinski definition) is 0. The number of para-hydroxylation sites is 1. The highest BCUT2D eigenvalue weighted by Gasteiger charge is 2.18. The van der Waals surface area contributed by atoms with E-state index in [0.717, 1.165) is 17.9 Å². The second-order valence-electron chi connectivity index (χ2n) is 8.04. The maximum atomic E-state index is 4.89. The number of hydrogen-bond acceptors (Lipinski definition) is 3. The predicted molar refractivity (Wildman–Crippen MR) is 135 cm³/mol. The van der Waals surface area contributed by atoms with Gasteiger partial charge in [0.1, 0.15) is 10.5 Å². The van der Waals surface area contributed by atoms with Crippen molar-refractivity contribution in [2.24, 2.45) is 0 Å². The molecule has 0 bridgehead atoms. The smallest absolute Gasteiger partial charge is 0.147 e. The zero-order valence-corrected chi connectivity index (χ0v) is 18.8. The van der Waals surface area contributed by atoms with Crippen LogP contribution in [0.4, 0.5) is 0 Å². The third-order valence-corrected chi connectivity index (χ3v) is 8.32. The lowest BCUT2D eigenvalue weighted by molar-refractivity contribution is 0.827. The summed E-state index contributed by atoms with van der Waals surface area (Å²) >= 11 is 3.66. The summed E-state index contributed by atoms with van der Waals surface area (Å²) in [7, 11) is 0. The first-order valence-electron chi connectivity index (χ1n) is 10.5. The number of benzene rings is 2. The van der Waals surface area contributed by atoms with Crippen molar-refractivity contribution in [1.29, 1.82) is 0 Å². The number of pyridine rings is 1. The van der Waals surface area contributed by atoms with E-state index < -0.39 is 0 Å². The van der Waals surface area contributed by atoms with Gasteiger partial charge in [-0.2, -0.15) is 0 Å². The van der Waals surface area contributed by atoms with E-state index in [1.54, 1.807) is 0 Å². The fraction of sp³-hybridized carbons (Fsp3) is 0.115. The van der Waals surface area contributed by atoms with Crippen LogP contribution in [0.1, 0.15) is 11.8 Å². The van der Waals surface area contributed by atoms with E-state index in [2.05, 4.69) is 82.8 Å². The molecule has 2 aromatic carbocycles. The fourth-order valence-electron chi connectivity index (χ4n) is 5.03. The van der Waals surface area contributed by atoms with Gasteiger partial charge < -0.3 is 4.57 Å². The summed E-state index contributed by atoms with van der Waals surface area (Å²) in [6.07, 6.45) is 2.04. The Morgan fingerprint density at radius 2 is 1.77 bits per heavy atom. The minimum absolute atomic E-state index is 0.963. The summed E-state index contributed by atoms with van der Waals surface area (Å²) < 4.78 is 6.10. The summed E-state index contributed by atoms with van der Waals surface area (Å²) in [5.41, 5.74) is 6.01. The molecule has 0 unspecified atom stereocenters. The van der Waals surface area contributed by atoms with Crippen molar-refractivity contribution >= 4 is 70.4 Å². The first kappa shape index (κ1) is 17.5. The van der Waals surface area contributed by atoms with E-state index in [-0.39, 0.29) is 0 Å². The molecule has 0 spiro atoms. The molecule has 0 aliphatic rings. The average molecular weight is 438 g/mol. The van der Waals surface area contributed by atoms with E-state index >= 15 is 0 Å². The third-order valence-electron chi connectivity index (χ3n) is 6.34. The first-order valence-corrected chi connectivity index (χ1v) is 12.2. The normalized spacial score (nSPS) is 12.3. The average Bonchev–Trinajstić information content (AvgIpc) is 3.55. The highest BCUT2D eigenvalue weighted by molar-refractivity contribution is 7.21. The van der Waals surface area contributed by atoms with Crippen LogP contribution >= 0.6 is 22.7 Å². The van der Waals surface area contributed by atoms with Gasteiger partial charge in [0.05, 0.1) is 11.9 Å². The topological polar surface area (TPSA) is 22.2 Å². The van der Waals surface area contributed by atoms with Crippen LogP contribution < -0.4 is 0 Å². The lowest BCUT2D eigenvalue weighted by atomic mass is 10.1. The van der Waals surface area contributed by atoms with E-state index in [0.29, 0.717) is 0 Å². The summed E-state index contributed by atoms with van der Waals surface area (Å²) in [4.78, 5) is 7.50. The molecule has 0 radical (unpaired) electrons. The van der Waals surface area contributed by atoms with Crippen LogP contribution in [0.5, 0.6) is 0 Å². The Labute approximate surface area is 186 Å². The number of aryl methyl sites for hydroxylation is 2. The highest BCUT2D eigenvalue weighted by Crippen LogP contribution is 2.40. The number of fused-ring (bicyclic) bond motifs is 9. The van der Waals surface area contributed by atoms with Gasteiger partial charge >= 0.3 is 0 Å². The minimum atomic E-state index is 0.963. The molecule has 0 N–H and O–H groups in total. The van der Waals surface area contributed by atoms with Gasteiger partial charge in [0.25, 0.3) is 0 Å². The molecule has 0 fully saturated rings. The number of rotatable bonds is 2. The standard InChI is InChI=1S/C26H19N3S2/c1-3-28-21-7-5-4-6-17(21)19-13-16(8-9-22(19)28)23-14-27-25-18-10-11-30-24(18)20-12-15(2)31-26(20)29(23)25/h4-14H,3H2,1-2H3. The second kappa shape index (κ2) is 6.19. The Morgan fingerprint density at radius 3 is 2.68 bits per heavy atom. The van der Waals surface area contributed by atoms with Crippen LogP contribution in [-0.2, 0) is 6.54 Å². The molecule has 0 saturated carbocycles. The van der Waals surface area contributed by atoms with Crippen LogP contribution in [0.15, 0.2) is 66.2 Å². The molecule has 5 aromatic heterocycles. The summed E-state index contributed by atoms with van der Waals surface area (Å²) in [5, 5.41) is 7.37. The predicted octanol–water partition coefficient (Wildman–Crippen LogP) is 7.87. The maximum Gasteiger partial charge on any atom is 0.147 e. The first-order chi connectivity index (χ1) is 15.2. The van der Waals surface area contributed by atoms with Gasteiger partial charge in [-0.25, -0.2) is 4.98 Å². The van der Waals surface area contributed by atoms with Crippen LogP contribution in [0.2, 0.25) is 0 Å². The molecule has 5 heteroatoms. The molecule has 0 amide bonds. The number of nitrogens with zero attached hydrogens (tertiary/aromatic N) is 3. The van der Waals surface area contributed by atoms with Gasteiger partial charge in [-0.05, 0) is 49.6 Å². The molecule has 7 aromatic rings. The van der Waals surface area contributed by atoms with Crippen LogP contribution in [0.3, 0.4) is 0 Å². The number of thiophene rings is 2. The SMILES string of the molecule is CCn1c2ccccc2c2cc(-c3cnc4c5ccsc5c5cc(C)sc5n34)ccc21. The molecule has 0 atom stereocenters. The highest BCUT2D eigenvalue weighted by atomic mass is 32.1. The molecule has 0 aliphatic carbocycles. The van der Waals surface area contributed by atoms with Gasteiger partial charge in [-0.3, -0.25) is 4.40 Å². The van der Waals surface area contributed by atoms with Crippen LogP contribution in [-0.4, -0.2) is 14.0 Å². The lowest BCUT2D eigenvalue weighted by Gasteiger charge is -2.07. The monoisotopic (exact) mass is 437 g/mol. The van der Waals surface area contributed by atoms with Crippen molar-refractivity contribution in [3.05, 3.63) is 71.1 Å². The fourth-order valence-corrected chi connectivity index (χ4v) is 7.03. The minimum Gasteiger partial charge on any atom is -0.341 e. The maximum absolute atomic E-state index is 4.89. The molecule has 31 heavy (non-hydrogen) atoms. The lowest BCUT2D eigenvalue weighted by Crippen LogP contribution is -1.93. The van der Waals surface area contributed by atoms with E-state index in [4.69, 9.17) is 4.98 Å². The third kappa shape index (κ3) is 2.25.